The molecule has 0 aliphatic heterocycles. The van der Waals surface area contributed by atoms with Crippen molar-refractivity contribution in [1.82, 2.24) is 0 Å². The minimum atomic E-state index is 0.480. The van der Waals surface area contributed by atoms with E-state index in [2.05, 4.69) is 15.9 Å². The van der Waals surface area contributed by atoms with Gasteiger partial charge in [0.25, 0.3) is 0 Å². The van der Waals surface area contributed by atoms with Crippen LogP contribution in [0.1, 0.15) is 11.1 Å². The Labute approximate surface area is 126 Å². The zero-order valence-electron chi connectivity index (χ0n) is 10.5. The van der Waals surface area contributed by atoms with E-state index >= 15 is 0 Å². The molecule has 0 spiro atoms. The average Bonchev–Trinajstić information content (AvgIpc) is 2.41. The SMILES string of the molecule is COc1ccc(Br)cc1COCc1ccccc1Cl. The first-order valence-electron chi connectivity index (χ1n) is 5.84. The minimum Gasteiger partial charge on any atom is -0.496 e. The second-order valence-electron chi connectivity index (χ2n) is 4.04. The largest absolute Gasteiger partial charge is 0.496 e. The Balaban J connectivity index is 2.00. The second kappa shape index (κ2) is 6.94. The zero-order valence-corrected chi connectivity index (χ0v) is 12.9. The van der Waals surface area contributed by atoms with Crippen molar-refractivity contribution in [3.8, 4) is 5.75 Å². The van der Waals surface area contributed by atoms with Crippen LogP contribution in [0.3, 0.4) is 0 Å². The van der Waals surface area contributed by atoms with Crippen molar-refractivity contribution in [3.05, 3.63) is 63.1 Å². The van der Waals surface area contributed by atoms with Crippen molar-refractivity contribution in [2.45, 2.75) is 13.2 Å². The monoisotopic (exact) mass is 340 g/mol. The van der Waals surface area contributed by atoms with Crippen LogP contribution in [-0.4, -0.2) is 7.11 Å². The van der Waals surface area contributed by atoms with E-state index < -0.39 is 0 Å². The highest BCUT2D eigenvalue weighted by Crippen LogP contribution is 2.24. The Morgan fingerprint density at radius 3 is 2.53 bits per heavy atom. The van der Waals surface area contributed by atoms with Crippen LogP contribution in [0.25, 0.3) is 0 Å². The molecule has 0 aromatic heterocycles. The van der Waals surface area contributed by atoms with Crippen molar-refractivity contribution < 1.29 is 9.47 Å². The number of methoxy groups -OCH3 is 1. The summed E-state index contributed by atoms with van der Waals surface area (Å²) in [5, 5.41) is 0.726. The molecule has 0 amide bonds. The number of hydrogen-bond acceptors (Lipinski definition) is 2. The summed E-state index contributed by atoms with van der Waals surface area (Å²) in [5.74, 6) is 0.822. The Kier molecular flexibility index (Phi) is 5.25. The first kappa shape index (κ1) is 14.4. The van der Waals surface area contributed by atoms with Crippen LogP contribution in [0.15, 0.2) is 46.9 Å². The highest BCUT2D eigenvalue weighted by atomic mass is 79.9. The fourth-order valence-electron chi connectivity index (χ4n) is 1.75. The summed E-state index contributed by atoms with van der Waals surface area (Å²) in [6.45, 7) is 0.961. The molecule has 0 aliphatic carbocycles. The standard InChI is InChI=1S/C15H14BrClO2/c1-18-15-7-6-13(16)8-12(15)10-19-9-11-4-2-3-5-14(11)17/h2-8H,9-10H2,1H3. The molecular weight excluding hydrogens is 328 g/mol. The molecule has 100 valence electrons. The van der Waals surface area contributed by atoms with Gasteiger partial charge in [-0.2, -0.15) is 0 Å². The first-order valence-corrected chi connectivity index (χ1v) is 7.01. The fraction of sp³-hybridized carbons (Fsp3) is 0.200. The van der Waals surface area contributed by atoms with Crippen molar-refractivity contribution in [1.29, 1.82) is 0 Å². The number of halogens is 2. The molecule has 0 atom stereocenters. The summed E-state index contributed by atoms with van der Waals surface area (Å²) < 4.78 is 12.0. The molecule has 0 saturated heterocycles. The summed E-state index contributed by atoms with van der Waals surface area (Å²) in [4.78, 5) is 0. The van der Waals surface area contributed by atoms with Gasteiger partial charge in [0.05, 0.1) is 20.3 Å². The molecule has 2 aromatic carbocycles. The Morgan fingerprint density at radius 1 is 1.05 bits per heavy atom. The summed E-state index contributed by atoms with van der Waals surface area (Å²) in [7, 11) is 1.65. The number of rotatable bonds is 5. The summed E-state index contributed by atoms with van der Waals surface area (Å²) >= 11 is 9.52. The quantitative estimate of drug-likeness (QED) is 0.775. The molecule has 0 radical (unpaired) electrons. The molecular formula is C15H14BrClO2. The van der Waals surface area contributed by atoms with Gasteiger partial charge in [0.15, 0.2) is 0 Å². The van der Waals surface area contributed by atoms with Gasteiger partial charge in [-0.3, -0.25) is 0 Å². The topological polar surface area (TPSA) is 18.5 Å². The maximum atomic E-state index is 6.08. The van der Waals surface area contributed by atoms with Crippen LogP contribution in [0, 0.1) is 0 Å². The lowest BCUT2D eigenvalue weighted by atomic mass is 10.2. The van der Waals surface area contributed by atoms with Crippen LogP contribution in [0.2, 0.25) is 5.02 Å². The summed E-state index contributed by atoms with van der Waals surface area (Å²) in [6.07, 6.45) is 0. The molecule has 0 heterocycles. The molecule has 2 rings (SSSR count). The zero-order chi connectivity index (χ0) is 13.7. The molecule has 0 bridgehead atoms. The number of ether oxygens (including phenoxy) is 2. The molecule has 0 saturated carbocycles. The van der Waals surface area contributed by atoms with Gasteiger partial charge in [-0.1, -0.05) is 45.7 Å². The maximum Gasteiger partial charge on any atom is 0.124 e. The predicted octanol–water partition coefficient (Wildman–Crippen LogP) is 4.83. The van der Waals surface area contributed by atoms with E-state index in [1.54, 1.807) is 7.11 Å². The fourth-order valence-corrected chi connectivity index (χ4v) is 2.35. The molecule has 0 fully saturated rings. The van der Waals surface area contributed by atoms with Crippen LogP contribution in [-0.2, 0) is 18.0 Å². The average molecular weight is 342 g/mol. The third-order valence-corrected chi connectivity index (χ3v) is 3.58. The lowest BCUT2D eigenvalue weighted by molar-refractivity contribution is 0.105. The van der Waals surface area contributed by atoms with E-state index in [1.807, 2.05) is 42.5 Å². The van der Waals surface area contributed by atoms with Gasteiger partial charge >= 0.3 is 0 Å². The highest BCUT2D eigenvalue weighted by Gasteiger charge is 2.05. The molecule has 0 unspecified atom stereocenters. The van der Waals surface area contributed by atoms with Crippen molar-refractivity contribution >= 4 is 27.5 Å². The molecule has 19 heavy (non-hydrogen) atoms. The maximum absolute atomic E-state index is 6.08. The smallest absolute Gasteiger partial charge is 0.124 e. The summed E-state index contributed by atoms with van der Waals surface area (Å²) in [6, 6.07) is 13.5. The van der Waals surface area contributed by atoms with E-state index in [0.29, 0.717) is 13.2 Å². The van der Waals surface area contributed by atoms with Crippen LogP contribution in [0.5, 0.6) is 5.75 Å². The van der Waals surface area contributed by atoms with Crippen molar-refractivity contribution in [3.63, 3.8) is 0 Å². The summed E-state index contributed by atoms with van der Waals surface area (Å²) in [5.41, 5.74) is 1.99. The predicted molar refractivity (Wildman–Crippen MR) is 80.6 cm³/mol. The van der Waals surface area contributed by atoms with Gasteiger partial charge in [-0.15, -0.1) is 0 Å². The number of benzene rings is 2. The van der Waals surface area contributed by atoms with Crippen LogP contribution >= 0.6 is 27.5 Å². The lowest BCUT2D eigenvalue weighted by Gasteiger charge is -2.10. The lowest BCUT2D eigenvalue weighted by Crippen LogP contribution is -1.97. The molecule has 2 aromatic rings. The molecule has 2 nitrogen and oxygen atoms in total. The Bertz CT molecular complexity index is 558. The molecule has 0 N–H and O–H groups in total. The number of hydrogen-bond donors (Lipinski definition) is 0. The Hall–Kier alpha value is -1.03. The van der Waals surface area contributed by atoms with Gasteiger partial charge in [-0.25, -0.2) is 0 Å². The van der Waals surface area contributed by atoms with E-state index in [0.717, 1.165) is 26.4 Å². The molecule has 4 heteroatoms. The third-order valence-electron chi connectivity index (χ3n) is 2.72. The van der Waals surface area contributed by atoms with E-state index in [9.17, 15) is 0 Å². The van der Waals surface area contributed by atoms with E-state index in [-0.39, 0.29) is 0 Å². The first-order chi connectivity index (χ1) is 9.20. The van der Waals surface area contributed by atoms with Gasteiger partial charge in [0.1, 0.15) is 5.75 Å². The highest BCUT2D eigenvalue weighted by molar-refractivity contribution is 9.10. The van der Waals surface area contributed by atoms with E-state index in [4.69, 9.17) is 21.1 Å². The van der Waals surface area contributed by atoms with Gasteiger partial charge in [-0.05, 0) is 29.8 Å². The molecule has 0 aliphatic rings. The van der Waals surface area contributed by atoms with Crippen molar-refractivity contribution in [2.24, 2.45) is 0 Å². The second-order valence-corrected chi connectivity index (χ2v) is 5.36. The minimum absolute atomic E-state index is 0.480. The normalized spacial score (nSPS) is 10.5. The van der Waals surface area contributed by atoms with Gasteiger partial charge < -0.3 is 9.47 Å². The Morgan fingerprint density at radius 2 is 1.79 bits per heavy atom. The van der Waals surface area contributed by atoms with Crippen LogP contribution in [0.4, 0.5) is 0 Å². The van der Waals surface area contributed by atoms with Crippen LogP contribution < -0.4 is 4.74 Å². The van der Waals surface area contributed by atoms with Crippen molar-refractivity contribution in [2.75, 3.05) is 7.11 Å². The third kappa shape index (κ3) is 3.96. The van der Waals surface area contributed by atoms with E-state index in [1.165, 1.54) is 0 Å². The van der Waals surface area contributed by atoms with Gasteiger partial charge in [0, 0.05) is 15.1 Å². The van der Waals surface area contributed by atoms with Gasteiger partial charge in [0.2, 0.25) is 0 Å².